The van der Waals surface area contributed by atoms with Crippen LogP contribution < -0.4 is 0 Å². The summed E-state index contributed by atoms with van der Waals surface area (Å²) in [5, 5.41) is 8.21. The highest BCUT2D eigenvalue weighted by Crippen LogP contribution is 2.36. The molecule has 0 saturated heterocycles. The Balaban J connectivity index is 2.44. The smallest absolute Gasteiger partial charge is 0.442 e. The van der Waals surface area contributed by atoms with Crippen molar-refractivity contribution < 1.29 is 18.3 Å². The molecule has 0 aromatic rings. The first-order valence-corrected chi connectivity index (χ1v) is 4.17. The Hall–Kier alpha value is -0.580. The first kappa shape index (κ1) is 9.51. The molecule has 1 rings (SSSR count). The van der Waals surface area contributed by atoms with E-state index in [1.165, 1.54) is 18.2 Å². The van der Waals surface area contributed by atoms with Gasteiger partial charge in [-0.3, -0.25) is 0 Å². The minimum absolute atomic E-state index is 0.0361. The topological polar surface area (TPSA) is 20.2 Å². The van der Waals surface area contributed by atoms with Gasteiger partial charge in [0.1, 0.15) is 5.76 Å². The summed E-state index contributed by atoms with van der Waals surface area (Å²) >= 11 is -0.0628. The summed E-state index contributed by atoms with van der Waals surface area (Å²) in [5.74, 6) is 0.0361. The molecule has 0 amide bonds. The molecule has 1 aliphatic carbocycles. The van der Waals surface area contributed by atoms with Gasteiger partial charge in [-0.15, -0.1) is 0 Å². The van der Waals surface area contributed by atoms with Gasteiger partial charge in [-0.05, 0) is 30.3 Å². The number of aliphatic hydroxyl groups excluding tert-OH is 1. The third-order valence-electron chi connectivity index (χ3n) is 1.33. The van der Waals surface area contributed by atoms with E-state index in [1.807, 2.05) is 0 Å². The van der Waals surface area contributed by atoms with E-state index in [0.717, 1.165) is 0 Å². The largest absolute Gasteiger partial charge is 0.508 e. The maximum atomic E-state index is 11.8. The Labute approximate surface area is 72.0 Å². The lowest BCUT2D eigenvalue weighted by Gasteiger charge is -2.14. The number of halogens is 3. The molecule has 0 aromatic heterocycles. The van der Waals surface area contributed by atoms with E-state index in [2.05, 4.69) is 0 Å². The quantitative estimate of drug-likeness (QED) is 0.695. The molecule has 0 aromatic carbocycles. The van der Waals surface area contributed by atoms with Crippen LogP contribution in [0.3, 0.4) is 0 Å². The molecule has 0 heterocycles. The summed E-state index contributed by atoms with van der Waals surface area (Å²) in [6.07, 6.45) is 4.25. The Morgan fingerprint density at radius 3 is 2.58 bits per heavy atom. The molecule has 68 valence electrons. The van der Waals surface area contributed by atoms with E-state index in [9.17, 15) is 13.2 Å². The van der Waals surface area contributed by atoms with Crippen LogP contribution in [0.1, 0.15) is 6.42 Å². The minimum Gasteiger partial charge on any atom is -0.508 e. The molecule has 0 aliphatic heterocycles. The fourth-order valence-electron chi connectivity index (χ4n) is 0.848. The van der Waals surface area contributed by atoms with Crippen molar-refractivity contribution in [3.8, 4) is 0 Å². The predicted octanol–water partition coefficient (Wildman–Crippen LogP) is 3.01. The number of allylic oxidation sites excluding steroid dienone is 2. The van der Waals surface area contributed by atoms with Crippen LogP contribution in [0.4, 0.5) is 13.2 Å². The average molecular weight is 196 g/mol. The zero-order chi connectivity index (χ0) is 9.19. The van der Waals surface area contributed by atoms with Gasteiger partial charge in [0, 0.05) is 5.25 Å². The lowest BCUT2D eigenvalue weighted by atomic mass is 10.2. The predicted molar refractivity (Wildman–Crippen MR) is 41.9 cm³/mol. The molecule has 1 nitrogen and oxygen atoms in total. The molecule has 5 heteroatoms. The summed E-state index contributed by atoms with van der Waals surface area (Å²) in [6, 6.07) is 0. The van der Waals surface area contributed by atoms with Crippen LogP contribution in [-0.2, 0) is 0 Å². The standard InChI is InChI=1S/C7H7F3OS/c8-7(9,10)12-6-3-1-5(11)2-4-6/h1-3,6,11H,4H2. The maximum Gasteiger partial charge on any atom is 0.442 e. The fourth-order valence-corrected chi connectivity index (χ4v) is 1.54. The van der Waals surface area contributed by atoms with Crippen LogP contribution in [0, 0.1) is 0 Å². The van der Waals surface area contributed by atoms with Crippen LogP contribution in [0.25, 0.3) is 0 Å². The molecule has 0 spiro atoms. The third-order valence-corrected chi connectivity index (χ3v) is 2.25. The summed E-state index contributed by atoms with van der Waals surface area (Å²) in [6.45, 7) is 0. The van der Waals surface area contributed by atoms with Gasteiger partial charge in [0.25, 0.3) is 0 Å². The monoisotopic (exact) mass is 196 g/mol. The number of hydrogen-bond acceptors (Lipinski definition) is 2. The molecule has 1 N–H and O–H groups in total. The number of thioether (sulfide) groups is 1. The molecule has 12 heavy (non-hydrogen) atoms. The summed E-state index contributed by atoms with van der Waals surface area (Å²) < 4.78 is 35.3. The van der Waals surface area contributed by atoms with E-state index in [0.29, 0.717) is 0 Å². The van der Waals surface area contributed by atoms with Gasteiger partial charge in [-0.2, -0.15) is 13.2 Å². The highest BCUT2D eigenvalue weighted by molar-refractivity contribution is 8.00. The molecule has 0 fully saturated rings. The van der Waals surface area contributed by atoms with Crippen molar-refractivity contribution in [1.82, 2.24) is 0 Å². The molecule has 1 atom stereocenters. The van der Waals surface area contributed by atoms with E-state index < -0.39 is 10.8 Å². The highest BCUT2D eigenvalue weighted by atomic mass is 32.2. The van der Waals surface area contributed by atoms with E-state index >= 15 is 0 Å². The van der Waals surface area contributed by atoms with Gasteiger partial charge in [0.2, 0.25) is 0 Å². The normalized spacial score (nSPS) is 23.9. The molecule has 0 bridgehead atoms. The van der Waals surface area contributed by atoms with E-state index in [4.69, 9.17) is 5.11 Å². The number of aliphatic hydroxyl groups is 1. The van der Waals surface area contributed by atoms with Crippen LogP contribution in [0.5, 0.6) is 0 Å². The lowest BCUT2D eigenvalue weighted by molar-refractivity contribution is -0.0331. The van der Waals surface area contributed by atoms with Crippen molar-refractivity contribution in [2.24, 2.45) is 0 Å². The van der Waals surface area contributed by atoms with Gasteiger partial charge in [0.15, 0.2) is 0 Å². The lowest BCUT2D eigenvalue weighted by Crippen LogP contribution is -2.10. The molecule has 0 radical (unpaired) electrons. The van der Waals surface area contributed by atoms with Crippen LogP contribution >= 0.6 is 11.8 Å². The van der Waals surface area contributed by atoms with Crippen molar-refractivity contribution in [2.45, 2.75) is 17.2 Å². The van der Waals surface area contributed by atoms with Gasteiger partial charge in [0.05, 0.1) is 0 Å². The summed E-state index contributed by atoms with van der Waals surface area (Å²) in [4.78, 5) is 0. The summed E-state index contributed by atoms with van der Waals surface area (Å²) in [7, 11) is 0. The SMILES string of the molecule is OC1=CCC(SC(F)(F)F)C=C1. The minimum atomic E-state index is -4.20. The van der Waals surface area contributed by atoms with Crippen molar-refractivity contribution >= 4 is 11.8 Å². The van der Waals surface area contributed by atoms with E-state index in [1.54, 1.807) is 0 Å². The number of alkyl halides is 3. The van der Waals surface area contributed by atoms with Crippen LogP contribution in [0.15, 0.2) is 24.0 Å². The van der Waals surface area contributed by atoms with Crippen LogP contribution in [0.2, 0.25) is 0 Å². The second kappa shape index (κ2) is 3.43. The van der Waals surface area contributed by atoms with Crippen molar-refractivity contribution in [3.63, 3.8) is 0 Å². The van der Waals surface area contributed by atoms with Crippen LogP contribution in [-0.4, -0.2) is 15.9 Å². The van der Waals surface area contributed by atoms with Gasteiger partial charge in [-0.1, -0.05) is 6.08 Å². The third kappa shape index (κ3) is 3.21. The summed E-state index contributed by atoms with van der Waals surface area (Å²) in [5.41, 5.74) is -4.20. The van der Waals surface area contributed by atoms with E-state index in [-0.39, 0.29) is 23.9 Å². The van der Waals surface area contributed by atoms with Gasteiger partial charge in [-0.25, -0.2) is 0 Å². The first-order chi connectivity index (χ1) is 5.47. The Morgan fingerprint density at radius 2 is 2.17 bits per heavy atom. The molecule has 0 saturated carbocycles. The second-order valence-electron chi connectivity index (χ2n) is 2.33. The van der Waals surface area contributed by atoms with Gasteiger partial charge < -0.3 is 5.11 Å². The molecular formula is C7H7F3OS. The maximum absolute atomic E-state index is 11.8. The number of hydrogen-bond donors (Lipinski definition) is 1. The van der Waals surface area contributed by atoms with Crippen molar-refractivity contribution in [2.75, 3.05) is 0 Å². The fraction of sp³-hybridized carbons (Fsp3) is 0.429. The highest BCUT2D eigenvalue weighted by Gasteiger charge is 2.32. The van der Waals surface area contributed by atoms with Gasteiger partial charge >= 0.3 is 5.51 Å². The van der Waals surface area contributed by atoms with Crippen molar-refractivity contribution in [3.05, 3.63) is 24.0 Å². The zero-order valence-electron chi connectivity index (χ0n) is 6.01. The zero-order valence-corrected chi connectivity index (χ0v) is 6.82. The molecule has 1 unspecified atom stereocenters. The Kier molecular flexibility index (Phi) is 2.72. The van der Waals surface area contributed by atoms with Crippen molar-refractivity contribution in [1.29, 1.82) is 0 Å². The Bertz CT molecular complexity index is 219. The average Bonchev–Trinajstić information content (AvgIpc) is 1.91. The molecular weight excluding hydrogens is 189 g/mol. The molecule has 1 aliphatic rings. The Morgan fingerprint density at radius 1 is 1.50 bits per heavy atom. The second-order valence-corrected chi connectivity index (χ2v) is 3.63. The first-order valence-electron chi connectivity index (χ1n) is 3.29. The number of rotatable bonds is 1.